The predicted molar refractivity (Wildman–Crippen MR) is 139 cm³/mol. The Hall–Kier alpha value is -2.42. The maximum atomic E-state index is 14.1. The molecule has 174 valence electrons. The highest BCUT2D eigenvalue weighted by atomic mass is 127. The number of carbonyl (C=O) groups excluding carboxylic acids is 1. The van der Waals surface area contributed by atoms with Gasteiger partial charge in [-0.2, -0.15) is 9.78 Å². The van der Waals surface area contributed by atoms with Crippen LogP contribution in [0.15, 0.2) is 36.5 Å². The number of carbonyl (C=O) groups is 1. The molecular weight excluding hydrogens is 532 g/mol. The molecule has 0 bridgehead atoms. The molecule has 5 nitrogen and oxygen atoms in total. The Morgan fingerprint density at radius 2 is 1.91 bits per heavy atom. The highest BCUT2D eigenvalue weighted by Gasteiger charge is 2.27. The third kappa shape index (κ3) is 4.16. The third-order valence-electron chi connectivity index (χ3n) is 5.63. The van der Waals surface area contributed by atoms with E-state index in [1.165, 1.54) is 16.8 Å². The van der Waals surface area contributed by atoms with Gasteiger partial charge < -0.3 is 9.30 Å². The summed E-state index contributed by atoms with van der Waals surface area (Å²) in [4.78, 5) is 13.0. The lowest BCUT2D eigenvalue weighted by atomic mass is 9.96. The molecule has 7 heteroatoms. The zero-order chi connectivity index (χ0) is 24.1. The normalized spacial score (nSPS) is 12.3. The lowest BCUT2D eigenvalue weighted by molar-refractivity contribution is 0.0755. The molecule has 0 saturated carbocycles. The molecule has 33 heavy (non-hydrogen) atoms. The summed E-state index contributed by atoms with van der Waals surface area (Å²) in [5.41, 5.74) is 3.14. The second-order valence-electron chi connectivity index (χ2n) is 9.69. The summed E-state index contributed by atoms with van der Waals surface area (Å²) < 4.78 is 24.8. The zero-order valence-electron chi connectivity index (χ0n) is 19.9. The molecule has 4 rings (SSSR count). The van der Waals surface area contributed by atoms with Crippen molar-refractivity contribution in [3.05, 3.63) is 51.6 Å². The average molecular weight is 561 g/mol. The van der Waals surface area contributed by atoms with Gasteiger partial charge in [0.15, 0.2) is 0 Å². The number of hydrogen-bond acceptors (Lipinski definition) is 3. The van der Waals surface area contributed by atoms with Crippen molar-refractivity contribution < 1.29 is 13.9 Å². The second-order valence-corrected chi connectivity index (χ2v) is 10.8. The smallest absolute Gasteiger partial charge is 0.252 e. The van der Waals surface area contributed by atoms with Crippen molar-refractivity contribution in [3.8, 4) is 11.4 Å². The van der Waals surface area contributed by atoms with Gasteiger partial charge in [0, 0.05) is 31.5 Å². The van der Waals surface area contributed by atoms with Gasteiger partial charge in [0.25, 0.3) is 5.91 Å². The SMILES string of the molecule is CCCOc1cc(F)ccc1-n1c(C(C)C)c(I)c2cc3c(cnn3C(=O)C(C)(C)C)cc21. The molecular formula is C26H29FIN3O2. The molecule has 0 atom stereocenters. The Kier molecular flexibility index (Phi) is 6.28. The molecule has 0 radical (unpaired) electrons. The minimum Gasteiger partial charge on any atom is -0.491 e. The molecule has 2 aromatic heterocycles. The molecule has 4 aromatic rings. The Labute approximate surface area is 207 Å². The lowest BCUT2D eigenvalue weighted by Gasteiger charge is -2.18. The molecule has 0 aliphatic carbocycles. The van der Waals surface area contributed by atoms with E-state index in [1.54, 1.807) is 12.3 Å². The van der Waals surface area contributed by atoms with Crippen LogP contribution in [-0.2, 0) is 0 Å². The van der Waals surface area contributed by atoms with E-state index in [0.717, 1.165) is 43.2 Å². The zero-order valence-corrected chi connectivity index (χ0v) is 22.0. The molecule has 0 aliphatic heterocycles. The van der Waals surface area contributed by atoms with Gasteiger partial charge in [-0.15, -0.1) is 0 Å². The van der Waals surface area contributed by atoms with Gasteiger partial charge in [-0.1, -0.05) is 41.5 Å². The van der Waals surface area contributed by atoms with Crippen molar-refractivity contribution in [1.29, 1.82) is 0 Å². The van der Waals surface area contributed by atoms with Crippen molar-refractivity contribution in [2.45, 2.75) is 53.9 Å². The fourth-order valence-corrected chi connectivity index (χ4v) is 5.34. The van der Waals surface area contributed by atoms with E-state index in [-0.39, 0.29) is 17.6 Å². The number of ether oxygens (including phenoxy) is 1. The van der Waals surface area contributed by atoms with Crippen LogP contribution >= 0.6 is 22.6 Å². The first kappa shape index (κ1) is 23.7. The van der Waals surface area contributed by atoms with Crippen LogP contribution in [0.5, 0.6) is 5.75 Å². The molecule has 2 heterocycles. The van der Waals surface area contributed by atoms with Crippen LogP contribution in [0.2, 0.25) is 0 Å². The Morgan fingerprint density at radius 3 is 2.55 bits per heavy atom. The summed E-state index contributed by atoms with van der Waals surface area (Å²) in [6, 6.07) is 8.80. The van der Waals surface area contributed by atoms with Crippen molar-refractivity contribution in [1.82, 2.24) is 14.3 Å². The molecule has 0 saturated heterocycles. The highest BCUT2D eigenvalue weighted by molar-refractivity contribution is 14.1. The Bertz CT molecular complexity index is 1360. The number of aromatic nitrogens is 3. The van der Waals surface area contributed by atoms with Gasteiger partial charge >= 0.3 is 0 Å². The summed E-state index contributed by atoms with van der Waals surface area (Å²) in [7, 11) is 0. The highest BCUT2D eigenvalue weighted by Crippen LogP contribution is 2.39. The van der Waals surface area contributed by atoms with Gasteiger partial charge in [-0.25, -0.2) is 4.39 Å². The van der Waals surface area contributed by atoms with E-state index in [9.17, 15) is 9.18 Å². The van der Waals surface area contributed by atoms with Gasteiger partial charge in [-0.3, -0.25) is 4.79 Å². The number of hydrogen-bond donors (Lipinski definition) is 0. The molecule has 0 aliphatic rings. The molecule has 0 spiro atoms. The van der Waals surface area contributed by atoms with E-state index >= 15 is 0 Å². The van der Waals surface area contributed by atoms with Crippen molar-refractivity contribution in [2.75, 3.05) is 6.61 Å². The standard InChI is InChI=1S/C26H29FIN3O2/c1-7-10-33-22-12-17(27)8-9-19(22)30-21-11-16-14-29-31(25(32)26(4,5)6)20(16)13-18(21)23(28)24(30)15(2)3/h8-9,11-15H,7,10H2,1-6H3. The summed E-state index contributed by atoms with van der Waals surface area (Å²) >= 11 is 2.37. The molecule has 0 fully saturated rings. The third-order valence-corrected chi connectivity index (χ3v) is 6.77. The van der Waals surface area contributed by atoms with Crippen LogP contribution in [0.1, 0.15) is 64.4 Å². The minimum atomic E-state index is -0.546. The van der Waals surface area contributed by atoms with Crippen molar-refractivity contribution >= 4 is 50.3 Å². The van der Waals surface area contributed by atoms with E-state index in [4.69, 9.17) is 4.74 Å². The van der Waals surface area contributed by atoms with E-state index in [0.29, 0.717) is 12.4 Å². The lowest BCUT2D eigenvalue weighted by Crippen LogP contribution is -2.27. The maximum absolute atomic E-state index is 14.1. The number of benzene rings is 2. The number of rotatable bonds is 5. The van der Waals surface area contributed by atoms with Crippen LogP contribution in [0.25, 0.3) is 27.5 Å². The first-order chi connectivity index (χ1) is 15.5. The summed E-state index contributed by atoms with van der Waals surface area (Å²) in [6.45, 7) is 12.5. The fourth-order valence-electron chi connectivity index (χ4n) is 4.04. The van der Waals surface area contributed by atoms with Crippen LogP contribution in [0.4, 0.5) is 4.39 Å². The van der Waals surface area contributed by atoms with Gasteiger partial charge in [0.1, 0.15) is 11.6 Å². The van der Waals surface area contributed by atoms with Gasteiger partial charge in [0.05, 0.1) is 29.5 Å². The number of halogens is 2. The summed E-state index contributed by atoms with van der Waals surface area (Å²) in [5, 5.41) is 6.31. The summed E-state index contributed by atoms with van der Waals surface area (Å²) in [6.07, 6.45) is 2.56. The van der Waals surface area contributed by atoms with Gasteiger partial charge in [-0.05, 0) is 59.2 Å². The van der Waals surface area contributed by atoms with Crippen LogP contribution in [0, 0.1) is 14.8 Å². The Morgan fingerprint density at radius 1 is 1.18 bits per heavy atom. The molecule has 0 N–H and O–H groups in total. The fraction of sp³-hybridized carbons (Fsp3) is 0.385. The first-order valence-electron chi connectivity index (χ1n) is 11.2. The minimum absolute atomic E-state index is 0.0517. The van der Waals surface area contributed by atoms with Crippen LogP contribution < -0.4 is 4.74 Å². The maximum Gasteiger partial charge on any atom is 0.252 e. The Balaban J connectivity index is 2.04. The predicted octanol–water partition coefficient (Wildman–Crippen LogP) is 7.32. The van der Waals surface area contributed by atoms with Crippen LogP contribution in [-0.4, -0.2) is 26.9 Å². The first-order valence-corrected chi connectivity index (χ1v) is 12.3. The largest absolute Gasteiger partial charge is 0.491 e. The second kappa shape index (κ2) is 8.74. The van der Waals surface area contributed by atoms with E-state index in [2.05, 4.69) is 52.2 Å². The monoisotopic (exact) mass is 561 g/mol. The number of nitrogens with zero attached hydrogens (tertiary/aromatic N) is 3. The number of fused-ring (bicyclic) bond motifs is 2. The molecule has 0 unspecified atom stereocenters. The van der Waals surface area contributed by atoms with E-state index in [1.807, 2.05) is 33.8 Å². The van der Waals surface area contributed by atoms with Gasteiger partial charge in [0.2, 0.25) is 0 Å². The quantitative estimate of drug-likeness (QED) is 0.240. The topological polar surface area (TPSA) is 49.0 Å². The molecule has 0 amide bonds. The van der Waals surface area contributed by atoms with Crippen molar-refractivity contribution in [2.24, 2.45) is 5.41 Å². The van der Waals surface area contributed by atoms with Crippen molar-refractivity contribution in [3.63, 3.8) is 0 Å². The van der Waals surface area contributed by atoms with Crippen LogP contribution in [0.3, 0.4) is 0 Å². The molecule has 2 aromatic carbocycles. The average Bonchev–Trinajstić information content (AvgIpc) is 3.28. The summed E-state index contributed by atoms with van der Waals surface area (Å²) in [5.74, 6) is 0.352. The van der Waals surface area contributed by atoms with E-state index < -0.39 is 5.41 Å².